The van der Waals surface area contributed by atoms with Crippen LogP contribution in [0.2, 0.25) is 0 Å². The molecule has 0 saturated carbocycles. The number of anilines is 1. The summed E-state index contributed by atoms with van der Waals surface area (Å²) in [4.78, 5) is 23.6. The highest BCUT2D eigenvalue weighted by Crippen LogP contribution is 2.28. The van der Waals surface area contributed by atoms with Crippen LogP contribution in [0.4, 0.5) is 5.95 Å². The molecule has 1 unspecified atom stereocenters. The van der Waals surface area contributed by atoms with Gasteiger partial charge in [0.2, 0.25) is 5.95 Å². The summed E-state index contributed by atoms with van der Waals surface area (Å²) in [5.74, 6) is 0.855. The second kappa shape index (κ2) is 5.36. The van der Waals surface area contributed by atoms with Crippen molar-refractivity contribution >= 4 is 28.4 Å². The van der Waals surface area contributed by atoms with Gasteiger partial charge in [-0.15, -0.1) is 0 Å². The topological polar surface area (TPSA) is 85.8 Å². The standard InChI is InChI=1S/C17H19N5O2/c1-10-5-4-8-21(10)16(23)12-9-22-15(19-12)11-6-3-7-13(24-2)14(11)20-17(22)18/h3,6-7,9-10H,4-5,8H2,1-2H3,(H2,18,20). The molecule has 0 spiro atoms. The van der Waals surface area contributed by atoms with Gasteiger partial charge in [0.25, 0.3) is 5.91 Å². The van der Waals surface area contributed by atoms with Gasteiger partial charge in [0.05, 0.1) is 7.11 Å². The number of para-hydroxylation sites is 1. The molecule has 4 rings (SSSR count). The van der Waals surface area contributed by atoms with E-state index in [-0.39, 0.29) is 17.9 Å². The maximum atomic E-state index is 12.8. The van der Waals surface area contributed by atoms with Crippen molar-refractivity contribution in [1.82, 2.24) is 19.3 Å². The predicted molar refractivity (Wildman–Crippen MR) is 91.2 cm³/mol. The molecule has 1 aromatic carbocycles. The van der Waals surface area contributed by atoms with Crippen LogP contribution in [0, 0.1) is 0 Å². The Hall–Kier alpha value is -2.83. The van der Waals surface area contributed by atoms with E-state index in [2.05, 4.69) is 16.9 Å². The molecule has 7 heteroatoms. The molecule has 24 heavy (non-hydrogen) atoms. The molecule has 0 aliphatic carbocycles. The van der Waals surface area contributed by atoms with E-state index >= 15 is 0 Å². The summed E-state index contributed by atoms with van der Waals surface area (Å²) in [5, 5.41) is 0.803. The zero-order valence-corrected chi connectivity index (χ0v) is 13.7. The molecule has 3 heterocycles. The second-order valence-electron chi connectivity index (χ2n) is 6.14. The third-order valence-corrected chi connectivity index (χ3v) is 4.67. The number of methoxy groups -OCH3 is 1. The van der Waals surface area contributed by atoms with E-state index in [1.54, 1.807) is 17.7 Å². The predicted octanol–water partition coefficient (Wildman–Crippen LogP) is 2.10. The number of aromatic nitrogens is 3. The van der Waals surface area contributed by atoms with E-state index in [4.69, 9.17) is 10.5 Å². The number of nitrogen functional groups attached to an aromatic ring is 1. The summed E-state index contributed by atoms with van der Waals surface area (Å²) in [7, 11) is 1.59. The van der Waals surface area contributed by atoms with Crippen molar-refractivity contribution in [3.05, 3.63) is 30.1 Å². The number of fused-ring (bicyclic) bond motifs is 3. The summed E-state index contributed by atoms with van der Waals surface area (Å²) in [6.07, 6.45) is 3.73. The van der Waals surface area contributed by atoms with Crippen molar-refractivity contribution in [3.63, 3.8) is 0 Å². The molecular weight excluding hydrogens is 306 g/mol. The Morgan fingerprint density at radius 3 is 2.92 bits per heavy atom. The van der Waals surface area contributed by atoms with Crippen LogP contribution >= 0.6 is 0 Å². The maximum absolute atomic E-state index is 12.8. The molecule has 1 fully saturated rings. The van der Waals surface area contributed by atoms with Crippen molar-refractivity contribution in [1.29, 1.82) is 0 Å². The number of rotatable bonds is 2. The quantitative estimate of drug-likeness (QED) is 0.780. The fourth-order valence-electron chi connectivity index (χ4n) is 3.38. The van der Waals surface area contributed by atoms with Gasteiger partial charge in [0.1, 0.15) is 22.6 Å². The van der Waals surface area contributed by atoms with Crippen LogP contribution in [0.25, 0.3) is 16.6 Å². The van der Waals surface area contributed by atoms with Gasteiger partial charge in [0.15, 0.2) is 0 Å². The van der Waals surface area contributed by atoms with Crippen LogP contribution < -0.4 is 10.5 Å². The van der Waals surface area contributed by atoms with Crippen molar-refractivity contribution in [2.45, 2.75) is 25.8 Å². The number of carbonyl (C=O) groups excluding carboxylic acids is 1. The Kier molecular flexibility index (Phi) is 3.30. The van der Waals surface area contributed by atoms with E-state index < -0.39 is 0 Å². The number of likely N-dealkylation sites (tertiary alicyclic amines) is 1. The lowest BCUT2D eigenvalue weighted by atomic mass is 10.2. The summed E-state index contributed by atoms with van der Waals surface area (Å²) in [6.45, 7) is 2.84. The average molecular weight is 325 g/mol. The van der Waals surface area contributed by atoms with Gasteiger partial charge in [-0.25, -0.2) is 9.97 Å². The maximum Gasteiger partial charge on any atom is 0.274 e. The van der Waals surface area contributed by atoms with E-state index in [9.17, 15) is 4.79 Å². The molecule has 1 atom stereocenters. The number of nitrogens with two attached hydrogens (primary N) is 1. The fourth-order valence-corrected chi connectivity index (χ4v) is 3.38. The number of ether oxygens (including phenoxy) is 1. The first-order chi connectivity index (χ1) is 11.6. The van der Waals surface area contributed by atoms with E-state index in [0.29, 0.717) is 22.6 Å². The number of imidazole rings is 1. The van der Waals surface area contributed by atoms with Crippen LogP contribution in [0.1, 0.15) is 30.3 Å². The number of nitrogens with zero attached hydrogens (tertiary/aromatic N) is 4. The molecule has 1 aliphatic heterocycles. The fraction of sp³-hybridized carbons (Fsp3) is 0.353. The van der Waals surface area contributed by atoms with Gasteiger partial charge in [0, 0.05) is 24.2 Å². The summed E-state index contributed by atoms with van der Waals surface area (Å²) >= 11 is 0. The molecule has 0 radical (unpaired) electrons. The Morgan fingerprint density at radius 2 is 2.21 bits per heavy atom. The highest BCUT2D eigenvalue weighted by Gasteiger charge is 2.28. The van der Waals surface area contributed by atoms with Crippen molar-refractivity contribution in [3.8, 4) is 5.75 Å². The molecule has 7 nitrogen and oxygen atoms in total. The number of hydrogen-bond donors (Lipinski definition) is 1. The van der Waals surface area contributed by atoms with Gasteiger partial charge in [-0.2, -0.15) is 0 Å². The first-order valence-corrected chi connectivity index (χ1v) is 8.02. The minimum absolute atomic E-state index is 0.0563. The van der Waals surface area contributed by atoms with Crippen LogP contribution in [-0.2, 0) is 0 Å². The number of benzene rings is 1. The SMILES string of the molecule is COc1cccc2c1nc(N)n1cc(C(=O)N3CCCC3C)nc21. The summed E-state index contributed by atoms with van der Waals surface area (Å²) < 4.78 is 7.01. The smallest absolute Gasteiger partial charge is 0.274 e. The highest BCUT2D eigenvalue weighted by atomic mass is 16.5. The molecule has 1 aliphatic rings. The largest absolute Gasteiger partial charge is 0.494 e. The van der Waals surface area contributed by atoms with E-state index in [1.807, 2.05) is 23.1 Å². The molecule has 3 aromatic rings. The van der Waals surface area contributed by atoms with Gasteiger partial charge in [-0.3, -0.25) is 9.20 Å². The van der Waals surface area contributed by atoms with Crippen molar-refractivity contribution < 1.29 is 9.53 Å². The second-order valence-corrected chi connectivity index (χ2v) is 6.14. The van der Waals surface area contributed by atoms with Crippen molar-refractivity contribution in [2.75, 3.05) is 19.4 Å². The lowest BCUT2D eigenvalue weighted by Crippen LogP contribution is -2.33. The number of amides is 1. The first kappa shape index (κ1) is 14.7. The molecule has 1 saturated heterocycles. The molecule has 2 N–H and O–H groups in total. The number of carbonyl (C=O) groups is 1. The molecule has 124 valence electrons. The Morgan fingerprint density at radius 1 is 1.38 bits per heavy atom. The molecule has 0 bridgehead atoms. The van der Waals surface area contributed by atoms with Crippen LogP contribution in [0.15, 0.2) is 24.4 Å². The van der Waals surface area contributed by atoms with Gasteiger partial charge in [-0.1, -0.05) is 6.07 Å². The Labute approximate surface area is 139 Å². The van der Waals surface area contributed by atoms with Gasteiger partial charge >= 0.3 is 0 Å². The first-order valence-electron chi connectivity index (χ1n) is 8.02. The van der Waals surface area contributed by atoms with Gasteiger partial charge in [-0.05, 0) is 31.9 Å². The van der Waals surface area contributed by atoms with Crippen LogP contribution in [0.3, 0.4) is 0 Å². The minimum atomic E-state index is -0.0563. The Balaban J connectivity index is 1.90. The third-order valence-electron chi connectivity index (χ3n) is 4.67. The Bertz CT molecular complexity index is 949. The molecular formula is C17H19N5O2. The zero-order chi connectivity index (χ0) is 16.8. The summed E-state index contributed by atoms with van der Waals surface area (Å²) in [6, 6.07) is 5.85. The van der Waals surface area contributed by atoms with Crippen LogP contribution in [-0.4, -0.2) is 44.9 Å². The number of hydrogen-bond acceptors (Lipinski definition) is 5. The van der Waals surface area contributed by atoms with Crippen LogP contribution in [0.5, 0.6) is 5.75 Å². The van der Waals surface area contributed by atoms with E-state index in [0.717, 1.165) is 24.8 Å². The molecule has 2 aromatic heterocycles. The highest BCUT2D eigenvalue weighted by molar-refractivity contribution is 5.99. The summed E-state index contributed by atoms with van der Waals surface area (Å²) in [5.41, 5.74) is 7.73. The molecule has 1 amide bonds. The monoisotopic (exact) mass is 325 g/mol. The van der Waals surface area contributed by atoms with E-state index in [1.165, 1.54) is 0 Å². The third kappa shape index (κ3) is 2.08. The minimum Gasteiger partial charge on any atom is -0.494 e. The lowest BCUT2D eigenvalue weighted by Gasteiger charge is -2.19. The van der Waals surface area contributed by atoms with Gasteiger partial charge < -0.3 is 15.4 Å². The average Bonchev–Trinajstić information content (AvgIpc) is 3.21. The van der Waals surface area contributed by atoms with Crippen molar-refractivity contribution in [2.24, 2.45) is 0 Å². The zero-order valence-electron chi connectivity index (χ0n) is 13.7. The normalized spacial score (nSPS) is 17.8. The lowest BCUT2D eigenvalue weighted by molar-refractivity contribution is 0.0742.